The first kappa shape index (κ1) is 25.3. The van der Waals surface area contributed by atoms with Crippen molar-refractivity contribution in [3.8, 4) is 11.3 Å². The zero-order valence-electron chi connectivity index (χ0n) is 20.6. The SMILES string of the molecule is Cn1nc2c(c1-c1cc(F)c(F)c(F)c1)CC1CCCC2N1C(=O)c1cnn(C(C)(C)C)c1C(F)(F)F. The van der Waals surface area contributed by atoms with Crippen LogP contribution in [0.25, 0.3) is 11.3 Å². The van der Waals surface area contributed by atoms with Gasteiger partial charge in [-0.1, -0.05) is 0 Å². The fraction of sp³-hybridized carbons (Fsp3) is 0.480. The average Bonchev–Trinajstić information content (AvgIpc) is 3.38. The van der Waals surface area contributed by atoms with Gasteiger partial charge in [0.15, 0.2) is 23.1 Å². The Morgan fingerprint density at radius 2 is 1.70 bits per heavy atom. The van der Waals surface area contributed by atoms with E-state index < -0.39 is 58.4 Å². The first-order valence-corrected chi connectivity index (χ1v) is 11.9. The van der Waals surface area contributed by atoms with Crippen LogP contribution < -0.4 is 0 Å². The van der Waals surface area contributed by atoms with Crippen LogP contribution in [0.3, 0.4) is 0 Å². The molecule has 5 rings (SSSR count). The van der Waals surface area contributed by atoms with E-state index in [0.717, 1.165) is 29.4 Å². The van der Waals surface area contributed by atoms with Gasteiger partial charge < -0.3 is 4.90 Å². The van der Waals surface area contributed by atoms with Crippen LogP contribution in [-0.4, -0.2) is 36.4 Å². The summed E-state index contributed by atoms with van der Waals surface area (Å²) in [7, 11) is 1.57. The number of rotatable bonds is 2. The average molecular weight is 525 g/mol. The molecule has 1 saturated heterocycles. The van der Waals surface area contributed by atoms with Gasteiger partial charge in [0, 0.05) is 24.2 Å². The van der Waals surface area contributed by atoms with Gasteiger partial charge in [-0.05, 0) is 58.6 Å². The maximum absolute atomic E-state index is 14.1. The Labute approximate surface area is 208 Å². The van der Waals surface area contributed by atoms with Crippen LogP contribution in [0, 0.1) is 17.5 Å². The van der Waals surface area contributed by atoms with Gasteiger partial charge in [0.2, 0.25) is 0 Å². The normalized spacial score (nSPS) is 19.8. The topological polar surface area (TPSA) is 56.0 Å². The minimum atomic E-state index is -4.81. The summed E-state index contributed by atoms with van der Waals surface area (Å²) in [6.07, 6.45) is -1.87. The lowest BCUT2D eigenvalue weighted by Gasteiger charge is -2.45. The lowest BCUT2D eigenvalue weighted by molar-refractivity contribution is -0.146. The number of alkyl halides is 3. The largest absolute Gasteiger partial charge is 0.433 e. The van der Waals surface area contributed by atoms with E-state index in [9.17, 15) is 31.1 Å². The van der Waals surface area contributed by atoms with Gasteiger partial charge in [-0.2, -0.15) is 23.4 Å². The minimum absolute atomic E-state index is 0.0938. The number of aromatic nitrogens is 4. The summed E-state index contributed by atoms with van der Waals surface area (Å²) < 4.78 is 86.2. The van der Waals surface area contributed by atoms with Gasteiger partial charge in [-0.25, -0.2) is 13.2 Å². The Balaban J connectivity index is 1.60. The Kier molecular flexibility index (Phi) is 5.72. The Morgan fingerprint density at radius 1 is 1.05 bits per heavy atom. The molecule has 0 N–H and O–H groups in total. The molecular weight excluding hydrogens is 500 g/mol. The fourth-order valence-electron chi connectivity index (χ4n) is 5.63. The van der Waals surface area contributed by atoms with Crippen molar-refractivity contribution in [2.24, 2.45) is 7.05 Å². The Bertz CT molecular complexity index is 1380. The standard InChI is InChI=1S/C25H25F6N5O/c1-24(2,3)36-22(25(29,30)31)15(11-32-36)23(37)35-13-6-5-7-18(35)20-14(10-13)21(34(4)33-20)12-8-16(26)19(28)17(27)9-12/h8-9,11,13,18H,5-7,10H2,1-4H3. The lowest BCUT2D eigenvalue weighted by Crippen LogP contribution is -2.50. The van der Waals surface area contributed by atoms with Crippen molar-refractivity contribution in [2.45, 2.75) is 70.3 Å². The van der Waals surface area contributed by atoms with E-state index in [1.807, 2.05) is 0 Å². The van der Waals surface area contributed by atoms with Gasteiger partial charge in [-0.3, -0.25) is 14.2 Å². The third kappa shape index (κ3) is 4.00. The van der Waals surface area contributed by atoms with Crippen molar-refractivity contribution in [3.05, 3.63) is 58.3 Å². The molecule has 12 heteroatoms. The number of halogens is 6. The summed E-state index contributed by atoms with van der Waals surface area (Å²) in [6, 6.07) is 0.707. The predicted molar refractivity (Wildman–Crippen MR) is 121 cm³/mol. The highest BCUT2D eigenvalue weighted by Crippen LogP contribution is 2.46. The lowest BCUT2D eigenvalue weighted by atomic mass is 9.81. The van der Waals surface area contributed by atoms with Gasteiger partial charge >= 0.3 is 6.18 Å². The van der Waals surface area contributed by atoms with Crippen LogP contribution in [0.1, 0.15) is 73.4 Å². The number of hydrogen-bond acceptors (Lipinski definition) is 3. The van der Waals surface area contributed by atoms with Gasteiger partial charge in [-0.15, -0.1) is 0 Å². The van der Waals surface area contributed by atoms with Crippen molar-refractivity contribution < 1.29 is 31.1 Å². The van der Waals surface area contributed by atoms with Crippen LogP contribution in [0.15, 0.2) is 18.3 Å². The molecule has 2 bridgehead atoms. The van der Waals surface area contributed by atoms with E-state index in [4.69, 9.17) is 0 Å². The molecule has 1 aromatic carbocycles. The van der Waals surface area contributed by atoms with Gasteiger partial charge in [0.05, 0.1) is 34.7 Å². The van der Waals surface area contributed by atoms with E-state index in [-0.39, 0.29) is 12.0 Å². The molecule has 0 radical (unpaired) electrons. The highest BCUT2D eigenvalue weighted by atomic mass is 19.4. The molecule has 198 valence electrons. The van der Waals surface area contributed by atoms with Crippen LogP contribution in [-0.2, 0) is 25.2 Å². The molecule has 2 aromatic heterocycles. The summed E-state index contributed by atoms with van der Waals surface area (Å²) in [5.74, 6) is -5.04. The zero-order chi connectivity index (χ0) is 27.0. The molecule has 0 spiro atoms. The Morgan fingerprint density at radius 3 is 2.30 bits per heavy atom. The maximum Gasteiger partial charge on any atom is 0.433 e. The van der Waals surface area contributed by atoms with E-state index >= 15 is 0 Å². The molecule has 2 aliphatic rings. The molecule has 2 atom stereocenters. The first-order valence-electron chi connectivity index (χ1n) is 11.9. The predicted octanol–water partition coefficient (Wildman–Crippen LogP) is 5.77. The van der Waals surface area contributed by atoms with Gasteiger partial charge in [0.25, 0.3) is 5.91 Å². The third-order valence-corrected chi connectivity index (χ3v) is 7.07. The molecule has 37 heavy (non-hydrogen) atoms. The molecule has 2 aliphatic heterocycles. The second-order valence-corrected chi connectivity index (χ2v) is 10.6. The van der Waals surface area contributed by atoms with Crippen LogP contribution in [0.2, 0.25) is 0 Å². The smallest absolute Gasteiger partial charge is 0.327 e. The second kappa shape index (κ2) is 8.35. The Hall–Kier alpha value is -3.31. The van der Waals surface area contributed by atoms with Crippen LogP contribution in [0.4, 0.5) is 26.3 Å². The number of benzene rings is 1. The van der Waals surface area contributed by atoms with Crippen LogP contribution in [0.5, 0.6) is 0 Å². The molecule has 6 nitrogen and oxygen atoms in total. The van der Waals surface area contributed by atoms with Gasteiger partial charge in [0.1, 0.15) is 0 Å². The molecule has 4 heterocycles. The van der Waals surface area contributed by atoms with Crippen molar-refractivity contribution in [1.82, 2.24) is 24.5 Å². The minimum Gasteiger partial charge on any atom is -0.327 e. The molecule has 0 aliphatic carbocycles. The monoisotopic (exact) mass is 525 g/mol. The summed E-state index contributed by atoms with van der Waals surface area (Å²) in [5.41, 5.74) is -1.06. The van der Waals surface area contributed by atoms with E-state index in [0.29, 0.717) is 29.8 Å². The van der Waals surface area contributed by atoms with Crippen molar-refractivity contribution >= 4 is 5.91 Å². The number of carbonyl (C=O) groups excluding carboxylic acids is 1. The number of aryl methyl sites for hydroxylation is 1. The van der Waals surface area contributed by atoms with E-state index in [1.54, 1.807) is 27.8 Å². The number of fused-ring (bicyclic) bond motifs is 4. The highest BCUT2D eigenvalue weighted by molar-refractivity contribution is 5.96. The second-order valence-electron chi connectivity index (χ2n) is 10.6. The van der Waals surface area contributed by atoms with E-state index in [1.165, 1.54) is 9.58 Å². The number of amides is 1. The zero-order valence-corrected chi connectivity index (χ0v) is 20.6. The third-order valence-electron chi connectivity index (χ3n) is 7.07. The van der Waals surface area contributed by atoms with Crippen molar-refractivity contribution in [2.75, 3.05) is 0 Å². The molecule has 1 fully saturated rings. The summed E-state index contributed by atoms with van der Waals surface area (Å²) in [6.45, 7) is 4.71. The molecule has 0 saturated carbocycles. The van der Waals surface area contributed by atoms with Crippen molar-refractivity contribution in [3.63, 3.8) is 0 Å². The maximum atomic E-state index is 14.1. The van der Waals surface area contributed by atoms with Crippen molar-refractivity contribution in [1.29, 1.82) is 0 Å². The number of carbonyl (C=O) groups is 1. The number of hydrogen-bond donors (Lipinski definition) is 0. The molecular formula is C25H25F6N5O. The summed E-state index contributed by atoms with van der Waals surface area (Å²) >= 11 is 0. The molecule has 3 aromatic rings. The molecule has 2 unspecified atom stereocenters. The fourth-order valence-corrected chi connectivity index (χ4v) is 5.63. The van der Waals surface area contributed by atoms with Crippen LogP contribution >= 0.6 is 0 Å². The number of nitrogens with zero attached hydrogens (tertiary/aromatic N) is 5. The quantitative estimate of drug-likeness (QED) is 0.316. The number of piperidine rings is 1. The summed E-state index contributed by atoms with van der Waals surface area (Å²) in [4.78, 5) is 15.2. The van der Waals surface area contributed by atoms with E-state index in [2.05, 4.69) is 10.2 Å². The highest BCUT2D eigenvalue weighted by Gasteiger charge is 2.48. The molecule has 1 amide bonds. The summed E-state index contributed by atoms with van der Waals surface area (Å²) in [5, 5.41) is 8.43. The first-order chi connectivity index (χ1) is 17.2.